The van der Waals surface area contributed by atoms with E-state index in [1.165, 1.54) is 6.07 Å². The molecule has 17 heavy (non-hydrogen) atoms. The van der Waals surface area contributed by atoms with Crippen LogP contribution in [0.2, 0.25) is 0 Å². The molecule has 0 spiro atoms. The van der Waals surface area contributed by atoms with Crippen molar-refractivity contribution in [2.45, 2.75) is 37.1 Å². The predicted molar refractivity (Wildman–Crippen MR) is 60.1 cm³/mol. The fraction of sp³-hybridized carbons (Fsp3) is 0.545. The Morgan fingerprint density at radius 1 is 1.53 bits per heavy atom. The van der Waals surface area contributed by atoms with Gasteiger partial charge in [0.2, 0.25) is 0 Å². The van der Waals surface area contributed by atoms with E-state index >= 15 is 0 Å². The van der Waals surface area contributed by atoms with E-state index < -0.39 is 11.5 Å². The molecule has 3 rings (SSSR count). The van der Waals surface area contributed by atoms with Gasteiger partial charge in [-0.05, 0) is 25.7 Å². The summed E-state index contributed by atoms with van der Waals surface area (Å²) in [5.74, 6) is 0.494. The van der Waals surface area contributed by atoms with Crippen molar-refractivity contribution in [3.05, 3.63) is 22.2 Å². The van der Waals surface area contributed by atoms with Crippen molar-refractivity contribution in [3.63, 3.8) is 0 Å². The Labute approximate surface area is 97.1 Å². The second kappa shape index (κ2) is 3.32. The van der Waals surface area contributed by atoms with Gasteiger partial charge in [-0.15, -0.1) is 0 Å². The highest BCUT2D eigenvalue weighted by Gasteiger charge is 2.50. The first-order chi connectivity index (χ1) is 8.09. The zero-order valence-electron chi connectivity index (χ0n) is 9.19. The number of carbonyl (C=O) groups is 1. The van der Waals surface area contributed by atoms with Gasteiger partial charge in [0.25, 0.3) is 5.56 Å². The van der Waals surface area contributed by atoms with Crippen LogP contribution >= 0.6 is 0 Å². The molecule has 0 atom stereocenters. The van der Waals surface area contributed by atoms with E-state index in [-0.39, 0.29) is 5.56 Å². The van der Waals surface area contributed by atoms with Crippen LogP contribution in [0.4, 0.5) is 5.82 Å². The highest BCUT2D eigenvalue weighted by molar-refractivity contribution is 5.85. The number of H-pyrrole nitrogens is 1. The van der Waals surface area contributed by atoms with E-state index in [4.69, 9.17) is 5.11 Å². The van der Waals surface area contributed by atoms with Crippen LogP contribution in [0.25, 0.3) is 0 Å². The Morgan fingerprint density at radius 2 is 2.24 bits per heavy atom. The van der Waals surface area contributed by atoms with Crippen LogP contribution in [-0.2, 0) is 4.79 Å². The van der Waals surface area contributed by atoms with Crippen molar-refractivity contribution < 1.29 is 9.90 Å². The molecule has 6 nitrogen and oxygen atoms in total. The van der Waals surface area contributed by atoms with Gasteiger partial charge in [0, 0.05) is 12.0 Å². The number of carboxylic acid groups (broad SMARTS) is 1. The molecule has 2 saturated carbocycles. The van der Waals surface area contributed by atoms with Crippen LogP contribution in [-0.4, -0.2) is 26.6 Å². The molecule has 6 heteroatoms. The van der Waals surface area contributed by atoms with E-state index in [1.54, 1.807) is 0 Å². The predicted octanol–water partition coefficient (Wildman–Crippen LogP) is 0.676. The Balaban J connectivity index is 1.87. The summed E-state index contributed by atoms with van der Waals surface area (Å²) < 4.78 is 0. The lowest BCUT2D eigenvalue weighted by atomic mass is 10.3. The Kier molecular flexibility index (Phi) is 2.01. The van der Waals surface area contributed by atoms with Crippen molar-refractivity contribution in [3.8, 4) is 0 Å². The molecule has 1 aromatic rings. The summed E-state index contributed by atoms with van der Waals surface area (Å²) >= 11 is 0. The number of nitrogens with zero attached hydrogens (tertiary/aromatic N) is 1. The van der Waals surface area contributed by atoms with E-state index in [2.05, 4.69) is 15.3 Å². The average molecular weight is 235 g/mol. The Bertz CT molecular complexity index is 529. The van der Waals surface area contributed by atoms with Gasteiger partial charge in [0.05, 0.1) is 0 Å². The van der Waals surface area contributed by atoms with Gasteiger partial charge < -0.3 is 15.4 Å². The number of aromatic nitrogens is 2. The first-order valence-electron chi connectivity index (χ1n) is 5.72. The van der Waals surface area contributed by atoms with E-state index in [0.29, 0.717) is 30.4 Å². The molecule has 1 heterocycles. The number of hydrogen-bond acceptors (Lipinski definition) is 4. The van der Waals surface area contributed by atoms with Crippen molar-refractivity contribution in [2.24, 2.45) is 0 Å². The van der Waals surface area contributed by atoms with Crippen molar-refractivity contribution >= 4 is 11.8 Å². The molecular weight excluding hydrogens is 222 g/mol. The highest BCUT2D eigenvalue weighted by atomic mass is 16.4. The molecule has 1 aromatic heterocycles. The van der Waals surface area contributed by atoms with Crippen LogP contribution in [0.1, 0.15) is 37.4 Å². The summed E-state index contributed by atoms with van der Waals surface area (Å²) in [7, 11) is 0. The molecule has 2 aliphatic carbocycles. The van der Waals surface area contributed by atoms with E-state index in [9.17, 15) is 9.59 Å². The topological polar surface area (TPSA) is 95.1 Å². The maximum atomic E-state index is 11.4. The third kappa shape index (κ3) is 1.90. The summed E-state index contributed by atoms with van der Waals surface area (Å²) in [5, 5.41) is 11.9. The minimum Gasteiger partial charge on any atom is -0.480 e. The second-order valence-corrected chi connectivity index (χ2v) is 4.80. The van der Waals surface area contributed by atoms with Crippen LogP contribution < -0.4 is 10.9 Å². The minimum absolute atomic E-state index is 0.231. The van der Waals surface area contributed by atoms with Gasteiger partial charge in [-0.3, -0.25) is 4.79 Å². The summed E-state index contributed by atoms with van der Waals surface area (Å²) in [4.78, 5) is 29.4. The molecule has 2 fully saturated rings. The molecule has 0 bridgehead atoms. The molecule has 3 N–H and O–H groups in total. The van der Waals surface area contributed by atoms with Crippen molar-refractivity contribution in [2.75, 3.05) is 5.32 Å². The molecule has 0 aromatic carbocycles. The standard InChI is InChI=1S/C11H13N3O3/c15-8-5-7(12-9(13-8)6-1-2-6)14-11(3-4-11)10(16)17/h5-6H,1-4H2,(H,16,17)(H2,12,13,14,15). The molecular formula is C11H13N3O3. The lowest BCUT2D eigenvalue weighted by molar-refractivity contribution is -0.138. The monoisotopic (exact) mass is 235 g/mol. The quantitative estimate of drug-likeness (QED) is 0.713. The van der Waals surface area contributed by atoms with Crippen LogP contribution in [0, 0.1) is 0 Å². The third-order valence-electron chi connectivity index (χ3n) is 3.25. The highest BCUT2D eigenvalue weighted by Crippen LogP contribution is 2.40. The van der Waals surface area contributed by atoms with Crippen molar-refractivity contribution in [1.29, 1.82) is 0 Å². The lowest BCUT2D eigenvalue weighted by Gasteiger charge is -2.13. The number of anilines is 1. The number of hydrogen-bond donors (Lipinski definition) is 3. The van der Waals surface area contributed by atoms with E-state index in [1.807, 2.05) is 0 Å². The largest absolute Gasteiger partial charge is 0.480 e. The minimum atomic E-state index is -0.901. The number of rotatable bonds is 4. The van der Waals surface area contributed by atoms with Gasteiger partial charge >= 0.3 is 5.97 Å². The Morgan fingerprint density at radius 3 is 2.76 bits per heavy atom. The zero-order chi connectivity index (χ0) is 12.0. The summed E-state index contributed by atoms with van der Waals surface area (Å²) in [6, 6.07) is 1.31. The Hall–Kier alpha value is -1.85. The lowest BCUT2D eigenvalue weighted by Crippen LogP contribution is -2.32. The number of aromatic amines is 1. The second-order valence-electron chi connectivity index (χ2n) is 4.80. The molecule has 90 valence electrons. The van der Waals surface area contributed by atoms with E-state index in [0.717, 1.165) is 12.8 Å². The van der Waals surface area contributed by atoms with Crippen LogP contribution in [0.15, 0.2) is 10.9 Å². The summed E-state index contributed by atoms with van der Waals surface area (Å²) in [6.45, 7) is 0. The SMILES string of the molecule is O=C(O)C1(Nc2cc(=O)[nH]c(C3CC3)n2)CC1. The maximum absolute atomic E-state index is 11.4. The van der Waals surface area contributed by atoms with Crippen molar-refractivity contribution in [1.82, 2.24) is 9.97 Å². The first kappa shape index (κ1) is 10.3. The fourth-order valence-electron chi connectivity index (χ4n) is 1.85. The molecule has 0 amide bonds. The van der Waals surface area contributed by atoms with Gasteiger partial charge in [-0.25, -0.2) is 9.78 Å². The molecule has 0 saturated heterocycles. The number of aliphatic carboxylic acids is 1. The van der Waals surface area contributed by atoms with Gasteiger partial charge in [0.1, 0.15) is 17.2 Å². The summed E-state index contributed by atoms with van der Waals surface area (Å²) in [5.41, 5.74) is -1.13. The zero-order valence-corrected chi connectivity index (χ0v) is 9.19. The molecule has 2 aliphatic rings. The van der Waals surface area contributed by atoms with Crippen LogP contribution in [0.3, 0.4) is 0 Å². The maximum Gasteiger partial charge on any atom is 0.329 e. The normalized spacial score (nSPS) is 20.9. The first-order valence-corrected chi connectivity index (χ1v) is 5.72. The number of carboxylic acids is 1. The van der Waals surface area contributed by atoms with Gasteiger partial charge in [-0.1, -0.05) is 0 Å². The van der Waals surface area contributed by atoms with Gasteiger partial charge in [-0.2, -0.15) is 0 Å². The fourth-order valence-corrected chi connectivity index (χ4v) is 1.85. The summed E-state index contributed by atoms with van der Waals surface area (Å²) in [6.07, 6.45) is 3.23. The third-order valence-corrected chi connectivity index (χ3v) is 3.25. The van der Waals surface area contributed by atoms with Crippen LogP contribution in [0.5, 0.6) is 0 Å². The van der Waals surface area contributed by atoms with Gasteiger partial charge in [0.15, 0.2) is 0 Å². The molecule has 0 aliphatic heterocycles. The smallest absolute Gasteiger partial charge is 0.329 e. The molecule has 0 radical (unpaired) electrons. The number of nitrogens with one attached hydrogen (secondary N) is 2. The average Bonchev–Trinajstić information content (AvgIpc) is 3.12. The molecule has 0 unspecified atom stereocenters.